The van der Waals surface area contributed by atoms with Crippen LogP contribution in [0.5, 0.6) is 0 Å². The third-order valence-electron chi connectivity index (χ3n) is 3.07. The van der Waals surface area contributed by atoms with Crippen LogP contribution in [0.2, 0.25) is 0 Å². The molecule has 0 spiro atoms. The second-order valence-electron chi connectivity index (χ2n) is 4.41. The van der Waals surface area contributed by atoms with Crippen LogP contribution in [0.15, 0.2) is 11.2 Å². The molecule has 0 N–H and O–H groups in total. The maximum absolute atomic E-state index is 12.1. The predicted octanol–water partition coefficient (Wildman–Crippen LogP) is 0.232. The van der Waals surface area contributed by atoms with Gasteiger partial charge in [-0.2, -0.15) is 0 Å². The number of aryl methyl sites for hydroxylation is 1. The zero-order valence-electron chi connectivity index (χ0n) is 11.1. The molecular weight excluding hydrogens is 306 g/mol. The maximum Gasteiger partial charge on any atom is 0.280 e. The van der Waals surface area contributed by atoms with Gasteiger partial charge in [-0.05, 0) is 0 Å². The van der Waals surface area contributed by atoms with Crippen molar-refractivity contribution >= 4 is 25.6 Å². The van der Waals surface area contributed by atoms with E-state index in [0.717, 1.165) is 0 Å². The van der Waals surface area contributed by atoms with Gasteiger partial charge in [0, 0.05) is 36.4 Å². The number of imidazole rings is 1. The second kappa shape index (κ2) is 6.11. The number of aromatic nitrogens is 2. The van der Waals surface area contributed by atoms with Crippen LogP contribution in [0, 0.1) is 0 Å². The molecule has 1 fully saturated rings. The van der Waals surface area contributed by atoms with Gasteiger partial charge < -0.3 is 14.2 Å². The molecule has 20 heavy (non-hydrogen) atoms. The summed E-state index contributed by atoms with van der Waals surface area (Å²) in [6, 6.07) is 0. The van der Waals surface area contributed by atoms with Crippen molar-refractivity contribution in [2.75, 3.05) is 26.3 Å². The van der Waals surface area contributed by atoms with Crippen molar-refractivity contribution in [2.24, 2.45) is 0 Å². The number of hydrogen-bond donors (Lipinski definition) is 0. The van der Waals surface area contributed by atoms with Gasteiger partial charge in [0.1, 0.15) is 12.4 Å². The molecule has 0 saturated carbocycles. The molecule has 0 aliphatic carbocycles. The monoisotopic (exact) mass is 321 g/mol. The summed E-state index contributed by atoms with van der Waals surface area (Å²) < 4.78 is 29.3. The van der Waals surface area contributed by atoms with Crippen molar-refractivity contribution in [1.29, 1.82) is 0 Å². The van der Waals surface area contributed by atoms with Crippen LogP contribution in [0.3, 0.4) is 0 Å². The number of carbonyl (C=O) groups excluding carboxylic acids is 1. The largest absolute Gasteiger partial charge is 0.378 e. The normalized spacial score (nSPS) is 16.4. The molecule has 0 radical (unpaired) electrons. The molecule has 1 aromatic rings. The first-order valence-electron chi connectivity index (χ1n) is 6.28. The van der Waals surface area contributed by atoms with Gasteiger partial charge in [0.25, 0.3) is 9.05 Å². The van der Waals surface area contributed by atoms with Crippen molar-refractivity contribution in [3.8, 4) is 0 Å². The van der Waals surface area contributed by atoms with Gasteiger partial charge in [0.15, 0.2) is 5.03 Å². The van der Waals surface area contributed by atoms with Crippen molar-refractivity contribution in [3.05, 3.63) is 12.0 Å². The van der Waals surface area contributed by atoms with Crippen LogP contribution in [-0.4, -0.2) is 55.1 Å². The number of halogens is 1. The Morgan fingerprint density at radius 1 is 1.45 bits per heavy atom. The van der Waals surface area contributed by atoms with Gasteiger partial charge >= 0.3 is 0 Å². The summed E-state index contributed by atoms with van der Waals surface area (Å²) >= 11 is 0. The van der Waals surface area contributed by atoms with Gasteiger partial charge in [-0.3, -0.25) is 4.79 Å². The fourth-order valence-corrected chi connectivity index (χ4v) is 2.71. The molecule has 0 atom stereocenters. The standard InChI is InChI=1S/C11H16ClN3O4S/c1-2-9-13-10(20(12,17)18)7-15(9)8-11(16)14-3-5-19-6-4-14/h7H,2-6,8H2,1H3. The molecule has 2 heterocycles. The van der Waals surface area contributed by atoms with Crippen LogP contribution in [0.1, 0.15) is 12.7 Å². The minimum atomic E-state index is -3.88. The van der Waals surface area contributed by atoms with Gasteiger partial charge in [0.05, 0.1) is 13.2 Å². The first-order valence-corrected chi connectivity index (χ1v) is 8.59. The van der Waals surface area contributed by atoms with Crippen molar-refractivity contribution in [2.45, 2.75) is 24.9 Å². The van der Waals surface area contributed by atoms with Crippen LogP contribution < -0.4 is 0 Å². The minimum absolute atomic E-state index is 0.0581. The molecule has 1 amide bonds. The summed E-state index contributed by atoms with van der Waals surface area (Å²) in [6.45, 7) is 4.05. The maximum atomic E-state index is 12.1. The Balaban J connectivity index is 2.15. The quantitative estimate of drug-likeness (QED) is 0.742. The Morgan fingerprint density at radius 2 is 2.10 bits per heavy atom. The lowest BCUT2D eigenvalue weighted by Gasteiger charge is -2.27. The third-order valence-corrected chi connectivity index (χ3v) is 4.24. The number of morpholine rings is 1. The molecule has 1 saturated heterocycles. The number of carbonyl (C=O) groups is 1. The van der Waals surface area contributed by atoms with E-state index in [1.54, 1.807) is 4.90 Å². The first-order chi connectivity index (χ1) is 9.41. The lowest BCUT2D eigenvalue weighted by Crippen LogP contribution is -2.42. The fraction of sp³-hybridized carbons (Fsp3) is 0.636. The van der Waals surface area contributed by atoms with E-state index < -0.39 is 9.05 Å². The third kappa shape index (κ3) is 3.50. The SMILES string of the molecule is CCc1nc(S(=O)(=O)Cl)cn1CC(=O)N1CCOCC1. The van der Waals surface area contributed by atoms with E-state index in [2.05, 4.69) is 4.98 Å². The van der Waals surface area contributed by atoms with Crippen LogP contribution in [0.25, 0.3) is 0 Å². The Hall–Kier alpha value is -1.12. The molecular formula is C11H16ClN3O4S. The first kappa shape index (κ1) is 15.3. The highest BCUT2D eigenvalue weighted by molar-refractivity contribution is 8.13. The minimum Gasteiger partial charge on any atom is -0.378 e. The predicted molar refractivity (Wildman–Crippen MR) is 72.0 cm³/mol. The van der Waals surface area contributed by atoms with Crippen molar-refractivity contribution < 1.29 is 17.9 Å². The fourth-order valence-electron chi connectivity index (χ4n) is 2.02. The van der Waals surface area contributed by atoms with E-state index in [0.29, 0.717) is 38.5 Å². The summed E-state index contributed by atoms with van der Waals surface area (Å²) in [5, 5.41) is -0.217. The average molecular weight is 322 g/mol. The topological polar surface area (TPSA) is 81.5 Å². The number of rotatable bonds is 4. The highest BCUT2D eigenvalue weighted by atomic mass is 35.7. The molecule has 0 unspecified atom stereocenters. The van der Waals surface area contributed by atoms with Crippen LogP contribution in [-0.2, 0) is 31.5 Å². The molecule has 0 bridgehead atoms. The van der Waals surface area contributed by atoms with E-state index in [9.17, 15) is 13.2 Å². The Kier molecular flexibility index (Phi) is 4.66. The van der Waals surface area contributed by atoms with Gasteiger partial charge in [-0.25, -0.2) is 13.4 Å². The van der Waals surface area contributed by atoms with E-state index in [4.69, 9.17) is 15.4 Å². The number of amides is 1. The smallest absolute Gasteiger partial charge is 0.280 e. The van der Waals surface area contributed by atoms with Gasteiger partial charge in [0.2, 0.25) is 5.91 Å². The van der Waals surface area contributed by atoms with E-state index in [1.807, 2.05) is 6.92 Å². The zero-order valence-corrected chi connectivity index (χ0v) is 12.7. The lowest BCUT2D eigenvalue weighted by atomic mass is 10.4. The van der Waals surface area contributed by atoms with Crippen LogP contribution in [0.4, 0.5) is 0 Å². The van der Waals surface area contributed by atoms with E-state index >= 15 is 0 Å². The Bertz CT molecular complexity index is 593. The number of hydrogen-bond acceptors (Lipinski definition) is 5. The molecule has 2 rings (SSSR count). The van der Waals surface area contributed by atoms with E-state index in [1.165, 1.54) is 10.8 Å². The number of ether oxygens (including phenoxy) is 1. The van der Waals surface area contributed by atoms with E-state index in [-0.39, 0.29) is 17.5 Å². The molecule has 1 aliphatic rings. The zero-order chi connectivity index (χ0) is 14.8. The average Bonchev–Trinajstić information content (AvgIpc) is 2.82. The molecule has 0 aromatic carbocycles. The van der Waals surface area contributed by atoms with Crippen molar-refractivity contribution in [1.82, 2.24) is 14.5 Å². The Labute approximate surface area is 121 Å². The summed E-state index contributed by atoms with van der Waals surface area (Å²) in [7, 11) is 1.39. The van der Waals surface area contributed by atoms with Crippen molar-refractivity contribution in [3.63, 3.8) is 0 Å². The molecule has 9 heteroatoms. The Morgan fingerprint density at radius 3 is 2.65 bits per heavy atom. The summed E-state index contributed by atoms with van der Waals surface area (Å²) in [5.74, 6) is 0.435. The van der Waals surface area contributed by atoms with Gasteiger partial charge in [-0.15, -0.1) is 0 Å². The van der Waals surface area contributed by atoms with Crippen LogP contribution >= 0.6 is 10.7 Å². The summed E-state index contributed by atoms with van der Waals surface area (Å²) in [4.78, 5) is 17.8. The second-order valence-corrected chi connectivity index (χ2v) is 6.92. The molecule has 7 nitrogen and oxygen atoms in total. The lowest BCUT2D eigenvalue weighted by molar-refractivity contribution is -0.135. The highest BCUT2D eigenvalue weighted by Gasteiger charge is 2.21. The highest BCUT2D eigenvalue weighted by Crippen LogP contribution is 2.15. The van der Waals surface area contributed by atoms with Gasteiger partial charge in [-0.1, -0.05) is 6.92 Å². The molecule has 1 aromatic heterocycles. The summed E-state index contributed by atoms with van der Waals surface area (Å²) in [5.41, 5.74) is 0. The molecule has 112 valence electrons. The number of nitrogens with zero attached hydrogens (tertiary/aromatic N) is 3. The molecule has 1 aliphatic heterocycles. The summed E-state index contributed by atoms with van der Waals surface area (Å²) in [6.07, 6.45) is 1.82.